The van der Waals surface area contributed by atoms with E-state index in [9.17, 15) is 10.1 Å². The molecule has 0 aromatic heterocycles. The Morgan fingerprint density at radius 1 is 1.50 bits per heavy atom. The van der Waals surface area contributed by atoms with Gasteiger partial charge in [-0.05, 0) is 41.5 Å². The average molecular weight is 326 g/mol. The molecule has 0 atom stereocenters. The predicted molar refractivity (Wildman–Crippen MR) is 64.9 cm³/mol. The third-order valence-corrected chi connectivity index (χ3v) is 2.76. The number of alkyl halides is 1. The van der Waals surface area contributed by atoms with E-state index in [1.54, 1.807) is 12.1 Å². The Balaban J connectivity index is 2.96. The Hall–Kier alpha value is -0.360. The normalized spacial score (nSPS) is 10.1. The molecule has 0 saturated carbocycles. The van der Waals surface area contributed by atoms with Gasteiger partial charge in [0.15, 0.2) is 0 Å². The molecular weight excluding hydrogens is 316 g/mol. The third kappa shape index (κ3) is 3.09. The molecule has 0 unspecified atom stereocenters. The molecule has 0 aliphatic rings. The van der Waals surface area contributed by atoms with Crippen molar-refractivity contribution in [3.63, 3.8) is 0 Å². The minimum Gasteiger partial charge on any atom is -0.258 e. The Kier molecular flexibility index (Phi) is 4.60. The van der Waals surface area contributed by atoms with Gasteiger partial charge in [0, 0.05) is 21.1 Å². The molecule has 5 heteroatoms. The van der Waals surface area contributed by atoms with Crippen LogP contribution in [0.2, 0.25) is 0 Å². The van der Waals surface area contributed by atoms with E-state index in [-0.39, 0.29) is 10.6 Å². The van der Waals surface area contributed by atoms with Crippen LogP contribution in [0.1, 0.15) is 12.0 Å². The van der Waals surface area contributed by atoms with Crippen LogP contribution in [0.5, 0.6) is 0 Å². The second-order valence-electron chi connectivity index (χ2n) is 2.82. The smallest absolute Gasteiger partial charge is 0.258 e. The molecule has 0 aliphatic heterocycles. The number of hydrogen-bond acceptors (Lipinski definition) is 2. The molecular formula is C9H9ClINO2. The number of hydrogen-bond donors (Lipinski definition) is 0. The summed E-state index contributed by atoms with van der Waals surface area (Å²) < 4.78 is 0.879. The second-order valence-corrected chi connectivity index (χ2v) is 4.45. The van der Waals surface area contributed by atoms with Gasteiger partial charge in [-0.1, -0.05) is 6.07 Å². The van der Waals surface area contributed by atoms with Crippen molar-refractivity contribution in [3.8, 4) is 0 Å². The van der Waals surface area contributed by atoms with Crippen molar-refractivity contribution in [2.45, 2.75) is 12.8 Å². The highest BCUT2D eigenvalue weighted by Crippen LogP contribution is 2.22. The first-order chi connectivity index (χ1) is 6.65. The highest BCUT2D eigenvalue weighted by molar-refractivity contribution is 14.1. The van der Waals surface area contributed by atoms with Gasteiger partial charge in [-0.15, -0.1) is 11.6 Å². The van der Waals surface area contributed by atoms with Crippen LogP contribution in [-0.4, -0.2) is 10.8 Å². The van der Waals surface area contributed by atoms with E-state index in [1.807, 2.05) is 6.07 Å². The van der Waals surface area contributed by atoms with E-state index in [0.29, 0.717) is 12.3 Å². The van der Waals surface area contributed by atoms with Crippen LogP contribution in [0.15, 0.2) is 18.2 Å². The number of nitro groups is 1. The first-order valence-electron chi connectivity index (χ1n) is 4.14. The summed E-state index contributed by atoms with van der Waals surface area (Å²) in [5, 5.41) is 10.7. The van der Waals surface area contributed by atoms with Crippen LogP contribution >= 0.6 is 34.2 Å². The maximum absolute atomic E-state index is 10.7. The molecule has 0 amide bonds. The highest BCUT2D eigenvalue weighted by Gasteiger charge is 2.12. The van der Waals surface area contributed by atoms with Gasteiger partial charge in [-0.3, -0.25) is 10.1 Å². The van der Waals surface area contributed by atoms with Crippen molar-refractivity contribution in [1.29, 1.82) is 0 Å². The fraction of sp³-hybridized carbons (Fsp3) is 0.333. The SMILES string of the molecule is O=[N+]([O-])c1cc(I)ccc1CCCCl. The van der Waals surface area contributed by atoms with Crippen molar-refractivity contribution in [2.24, 2.45) is 0 Å². The minimum atomic E-state index is -0.342. The van der Waals surface area contributed by atoms with Crippen LogP contribution in [0, 0.1) is 13.7 Å². The molecule has 1 rings (SSSR count). The molecule has 1 aromatic rings. The number of rotatable bonds is 4. The summed E-state index contributed by atoms with van der Waals surface area (Å²) in [6.45, 7) is 0. The zero-order valence-corrected chi connectivity index (χ0v) is 10.3. The predicted octanol–water partition coefficient (Wildman–Crippen LogP) is 3.37. The van der Waals surface area contributed by atoms with Crippen molar-refractivity contribution in [2.75, 3.05) is 5.88 Å². The molecule has 0 bridgehead atoms. The van der Waals surface area contributed by atoms with Gasteiger partial charge >= 0.3 is 0 Å². The van der Waals surface area contributed by atoms with E-state index < -0.39 is 0 Å². The van der Waals surface area contributed by atoms with E-state index >= 15 is 0 Å². The van der Waals surface area contributed by atoms with Crippen LogP contribution in [0.4, 0.5) is 5.69 Å². The van der Waals surface area contributed by atoms with Gasteiger partial charge in [0.05, 0.1) is 4.92 Å². The lowest BCUT2D eigenvalue weighted by molar-refractivity contribution is -0.385. The van der Waals surface area contributed by atoms with Crippen molar-refractivity contribution < 1.29 is 4.92 Å². The maximum Gasteiger partial charge on any atom is 0.273 e. The number of nitro benzene ring substituents is 1. The molecule has 0 heterocycles. The average Bonchev–Trinajstić information content (AvgIpc) is 2.15. The quantitative estimate of drug-likeness (QED) is 0.369. The molecule has 0 spiro atoms. The van der Waals surface area contributed by atoms with Crippen LogP contribution in [-0.2, 0) is 6.42 Å². The lowest BCUT2D eigenvalue weighted by Crippen LogP contribution is -1.96. The topological polar surface area (TPSA) is 43.1 Å². The summed E-state index contributed by atoms with van der Waals surface area (Å²) in [5.74, 6) is 0.531. The van der Waals surface area contributed by atoms with Gasteiger partial charge in [0.2, 0.25) is 0 Å². The molecule has 0 saturated heterocycles. The van der Waals surface area contributed by atoms with Gasteiger partial charge in [0.25, 0.3) is 5.69 Å². The molecule has 0 N–H and O–H groups in total. The largest absolute Gasteiger partial charge is 0.273 e. The van der Waals surface area contributed by atoms with Gasteiger partial charge < -0.3 is 0 Å². The van der Waals surface area contributed by atoms with E-state index in [1.165, 1.54) is 0 Å². The first kappa shape index (κ1) is 11.7. The molecule has 1 aromatic carbocycles. The second kappa shape index (κ2) is 5.50. The maximum atomic E-state index is 10.7. The summed E-state index contributed by atoms with van der Waals surface area (Å²) >= 11 is 7.61. The number of nitrogens with zero attached hydrogens (tertiary/aromatic N) is 1. The molecule has 0 radical (unpaired) electrons. The third-order valence-electron chi connectivity index (χ3n) is 1.82. The molecule has 14 heavy (non-hydrogen) atoms. The van der Waals surface area contributed by atoms with Gasteiger partial charge in [0.1, 0.15) is 0 Å². The van der Waals surface area contributed by atoms with Crippen molar-refractivity contribution in [3.05, 3.63) is 37.4 Å². The molecule has 3 nitrogen and oxygen atoms in total. The van der Waals surface area contributed by atoms with E-state index in [0.717, 1.165) is 15.6 Å². The van der Waals surface area contributed by atoms with Crippen LogP contribution < -0.4 is 0 Å². The number of benzene rings is 1. The lowest BCUT2D eigenvalue weighted by atomic mass is 10.1. The Labute approximate surface area is 101 Å². The van der Waals surface area contributed by atoms with Gasteiger partial charge in [-0.2, -0.15) is 0 Å². The van der Waals surface area contributed by atoms with E-state index in [2.05, 4.69) is 22.6 Å². The highest BCUT2D eigenvalue weighted by atomic mass is 127. The Morgan fingerprint density at radius 2 is 2.21 bits per heavy atom. The van der Waals surface area contributed by atoms with E-state index in [4.69, 9.17) is 11.6 Å². The summed E-state index contributed by atoms with van der Waals surface area (Å²) in [7, 11) is 0. The van der Waals surface area contributed by atoms with Gasteiger partial charge in [-0.25, -0.2) is 0 Å². The zero-order chi connectivity index (χ0) is 10.6. The first-order valence-corrected chi connectivity index (χ1v) is 5.75. The molecule has 76 valence electrons. The number of aryl methyl sites for hydroxylation is 1. The standard InChI is InChI=1S/C9H9ClINO2/c10-5-1-2-7-3-4-8(11)6-9(7)12(13)14/h3-4,6H,1-2,5H2. The Bertz CT molecular complexity index is 344. The zero-order valence-electron chi connectivity index (χ0n) is 7.37. The van der Waals surface area contributed by atoms with Crippen molar-refractivity contribution >= 4 is 39.9 Å². The summed E-state index contributed by atoms with van der Waals surface area (Å²) in [6, 6.07) is 5.26. The Morgan fingerprint density at radius 3 is 2.79 bits per heavy atom. The van der Waals surface area contributed by atoms with Crippen LogP contribution in [0.3, 0.4) is 0 Å². The minimum absolute atomic E-state index is 0.196. The fourth-order valence-corrected chi connectivity index (χ4v) is 1.78. The molecule has 0 fully saturated rings. The fourth-order valence-electron chi connectivity index (χ4n) is 1.18. The summed E-state index contributed by atoms with van der Waals surface area (Å²) in [5.41, 5.74) is 0.957. The summed E-state index contributed by atoms with van der Waals surface area (Å²) in [4.78, 5) is 10.4. The molecule has 0 aliphatic carbocycles. The summed E-state index contributed by atoms with van der Waals surface area (Å²) in [6.07, 6.45) is 1.43. The van der Waals surface area contributed by atoms with Crippen molar-refractivity contribution in [1.82, 2.24) is 0 Å². The van der Waals surface area contributed by atoms with Crippen LogP contribution in [0.25, 0.3) is 0 Å². The number of halogens is 2. The monoisotopic (exact) mass is 325 g/mol. The lowest BCUT2D eigenvalue weighted by Gasteiger charge is -2.01.